The first-order chi connectivity index (χ1) is 22.0. The van der Waals surface area contributed by atoms with E-state index in [1.165, 1.54) is 55.2 Å². The number of esters is 2. The molecule has 1 aromatic heterocycles. The predicted molar refractivity (Wildman–Crippen MR) is 177 cm³/mol. The molecule has 1 saturated heterocycles. The third kappa shape index (κ3) is 6.43. The van der Waals surface area contributed by atoms with E-state index < -0.39 is 29.6 Å². The van der Waals surface area contributed by atoms with Crippen LogP contribution in [0.4, 0.5) is 0 Å². The number of hydrogen-bond donors (Lipinski definition) is 1. The van der Waals surface area contributed by atoms with Crippen LogP contribution in [0.1, 0.15) is 87.7 Å². The van der Waals surface area contributed by atoms with Gasteiger partial charge < -0.3 is 19.0 Å². The van der Waals surface area contributed by atoms with Gasteiger partial charge in [-0.1, -0.05) is 42.0 Å². The van der Waals surface area contributed by atoms with Crippen molar-refractivity contribution in [1.82, 2.24) is 0 Å². The lowest BCUT2D eigenvalue weighted by atomic mass is 9.49. The van der Waals surface area contributed by atoms with Gasteiger partial charge >= 0.3 is 11.9 Å². The fraction of sp³-hybridized carbons (Fsp3) is 0.550. The van der Waals surface area contributed by atoms with E-state index in [0.29, 0.717) is 23.2 Å². The Balaban J connectivity index is 0.948. The molecule has 6 heteroatoms. The summed E-state index contributed by atoms with van der Waals surface area (Å²) >= 11 is 0. The zero-order chi connectivity index (χ0) is 32.1. The van der Waals surface area contributed by atoms with Crippen molar-refractivity contribution in [3.05, 3.63) is 82.6 Å². The molecule has 0 spiro atoms. The summed E-state index contributed by atoms with van der Waals surface area (Å²) in [4.78, 5) is 26.3. The molecule has 3 aromatic rings. The number of aryl methyl sites for hydroxylation is 3. The van der Waals surface area contributed by atoms with E-state index in [-0.39, 0.29) is 13.0 Å². The average Bonchev–Trinajstić information content (AvgIpc) is 3.56. The van der Waals surface area contributed by atoms with Crippen molar-refractivity contribution in [2.45, 2.75) is 97.0 Å². The van der Waals surface area contributed by atoms with E-state index in [2.05, 4.69) is 49.4 Å². The largest absolute Gasteiger partial charge is 0.461 e. The Morgan fingerprint density at radius 2 is 1.63 bits per heavy atom. The number of furan rings is 1. The second-order valence-electron chi connectivity index (χ2n) is 16.0. The van der Waals surface area contributed by atoms with Gasteiger partial charge in [0.1, 0.15) is 18.0 Å². The lowest BCUT2D eigenvalue weighted by Crippen LogP contribution is -2.45. The molecule has 2 aromatic carbocycles. The molecule has 4 bridgehead atoms. The van der Waals surface area contributed by atoms with Gasteiger partial charge in [0.25, 0.3) is 0 Å². The van der Waals surface area contributed by atoms with E-state index in [0.717, 1.165) is 48.0 Å². The van der Waals surface area contributed by atoms with Crippen molar-refractivity contribution in [3.8, 4) is 0 Å². The lowest BCUT2D eigenvalue weighted by molar-refractivity contribution is -0.172. The van der Waals surface area contributed by atoms with Crippen molar-refractivity contribution in [1.29, 1.82) is 0 Å². The molecule has 5 fully saturated rings. The third-order valence-electron chi connectivity index (χ3n) is 11.4. The van der Waals surface area contributed by atoms with Crippen LogP contribution in [0.25, 0.3) is 11.0 Å². The van der Waals surface area contributed by atoms with Crippen molar-refractivity contribution in [3.63, 3.8) is 0 Å². The Hall–Kier alpha value is -3.38. The Labute approximate surface area is 272 Å². The van der Waals surface area contributed by atoms with Gasteiger partial charge in [0.15, 0.2) is 5.60 Å². The Morgan fingerprint density at radius 1 is 0.978 bits per heavy atom. The first-order valence-electron chi connectivity index (χ1n) is 17.3. The molecule has 1 aliphatic heterocycles. The zero-order valence-electron chi connectivity index (χ0n) is 27.6. The summed E-state index contributed by atoms with van der Waals surface area (Å²) in [5, 5.41) is 11.3. The topological polar surface area (TPSA) is 86.0 Å². The summed E-state index contributed by atoms with van der Waals surface area (Å²) < 4.78 is 17.6. The van der Waals surface area contributed by atoms with Crippen molar-refractivity contribution in [2.75, 3.05) is 13.2 Å². The van der Waals surface area contributed by atoms with Gasteiger partial charge in [0.05, 0.1) is 12.0 Å². The molecule has 8 rings (SSSR count). The van der Waals surface area contributed by atoms with Crippen LogP contribution in [0.5, 0.6) is 0 Å². The summed E-state index contributed by atoms with van der Waals surface area (Å²) in [6.45, 7) is 5.20. The fourth-order valence-corrected chi connectivity index (χ4v) is 9.30. The maximum atomic E-state index is 13.3. The van der Waals surface area contributed by atoms with E-state index in [9.17, 15) is 14.7 Å². The summed E-state index contributed by atoms with van der Waals surface area (Å²) in [6.07, 6.45) is 13.5. The van der Waals surface area contributed by atoms with Crippen LogP contribution in [0, 0.1) is 35.5 Å². The van der Waals surface area contributed by atoms with E-state index in [4.69, 9.17) is 13.9 Å². The molecular weight excluding hydrogens is 576 g/mol. The zero-order valence-corrected chi connectivity index (χ0v) is 27.6. The van der Waals surface area contributed by atoms with Gasteiger partial charge in [-0.3, -0.25) is 4.79 Å². The van der Waals surface area contributed by atoms with Gasteiger partial charge in [-0.05, 0) is 131 Å². The molecule has 2 heterocycles. The quantitative estimate of drug-likeness (QED) is 0.173. The van der Waals surface area contributed by atoms with Crippen LogP contribution in [-0.2, 0) is 38.3 Å². The smallest absolute Gasteiger partial charge is 0.334 e. The average molecular weight is 625 g/mol. The minimum Gasteiger partial charge on any atom is -0.461 e. The second kappa shape index (κ2) is 12.0. The van der Waals surface area contributed by atoms with Crippen molar-refractivity contribution in [2.24, 2.45) is 28.6 Å². The molecule has 5 aliphatic rings. The molecule has 0 amide bonds. The Morgan fingerprint density at radius 3 is 2.30 bits per heavy atom. The molecule has 0 radical (unpaired) electrons. The monoisotopic (exact) mass is 624 g/mol. The normalized spacial score (nSPS) is 29.5. The summed E-state index contributed by atoms with van der Waals surface area (Å²) in [6, 6.07) is 16.9. The molecular formula is C40H48O6. The van der Waals surface area contributed by atoms with E-state index >= 15 is 0 Å². The number of aliphatic hydroxyl groups excluding tert-OH is 1. The van der Waals surface area contributed by atoms with Crippen LogP contribution in [-0.4, -0.2) is 35.9 Å². The van der Waals surface area contributed by atoms with Gasteiger partial charge in [0, 0.05) is 23.8 Å². The minimum absolute atomic E-state index is 0.170. The SMILES string of the molecule is Cc1ccc(CCc2ccc3oc(CC(C)(C)C(=O)OC[C@]4(CO)C/C(=C\CC56CC7CC(CC(C7)C5)C6)C(=O)O4)cc3c2)cc1. The van der Waals surface area contributed by atoms with Crippen molar-refractivity contribution < 1.29 is 28.6 Å². The molecule has 6 nitrogen and oxygen atoms in total. The molecule has 4 aliphatic carbocycles. The van der Waals surface area contributed by atoms with Crippen LogP contribution < -0.4 is 0 Å². The minimum atomic E-state index is -1.23. The van der Waals surface area contributed by atoms with Crippen LogP contribution >= 0.6 is 0 Å². The predicted octanol–water partition coefficient (Wildman–Crippen LogP) is 7.85. The Bertz CT molecular complexity index is 1610. The number of hydrogen-bond acceptors (Lipinski definition) is 6. The van der Waals surface area contributed by atoms with Crippen molar-refractivity contribution >= 4 is 22.9 Å². The number of cyclic esters (lactones) is 1. The van der Waals surface area contributed by atoms with Crippen LogP contribution in [0.15, 0.2) is 64.6 Å². The van der Waals surface area contributed by atoms with Crippen LogP contribution in [0.3, 0.4) is 0 Å². The number of rotatable bonds is 11. The number of carbonyl (C=O) groups is 2. The molecule has 4 saturated carbocycles. The van der Waals surface area contributed by atoms with E-state index in [1.54, 1.807) is 0 Å². The van der Waals surface area contributed by atoms with Gasteiger partial charge in [-0.15, -0.1) is 0 Å². The molecule has 46 heavy (non-hydrogen) atoms. The highest BCUT2D eigenvalue weighted by molar-refractivity contribution is 5.91. The number of aliphatic hydroxyl groups is 1. The highest BCUT2D eigenvalue weighted by atomic mass is 16.6. The molecule has 0 unspecified atom stereocenters. The second-order valence-corrected chi connectivity index (χ2v) is 16.0. The number of carbonyl (C=O) groups excluding carboxylic acids is 2. The number of allylic oxidation sites excluding steroid dienone is 1. The fourth-order valence-electron chi connectivity index (χ4n) is 9.30. The lowest BCUT2D eigenvalue weighted by Gasteiger charge is -2.56. The van der Waals surface area contributed by atoms with Gasteiger partial charge in [-0.25, -0.2) is 4.79 Å². The molecule has 1 atom stereocenters. The van der Waals surface area contributed by atoms with Crippen LogP contribution in [0.2, 0.25) is 0 Å². The molecule has 244 valence electrons. The maximum Gasteiger partial charge on any atom is 0.334 e. The first kappa shape index (κ1) is 31.2. The first-order valence-corrected chi connectivity index (χ1v) is 17.3. The van der Waals surface area contributed by atoms with Gasteiger partial charge in [0.2, 0.25) is 0 Å². The van der Waals surface area contributed by atoms with E-state index in [1.807, 2.05) is 26.0 Å². The summed E-state index contributed by atoms with van der Waals surface area (Å²) in [5.41, 5.74) is 3.45. The summed E-state index contributed by atoms with van der Waals surface area (Å²) in [5.74, 6) is 2.46. The Kier molecular flexibility index (Phi) is 8.15. The number of ether oxygens (including phenoxy) is 2. The van der Waals surface area contributed by atoms with Gasteiger partial charge in [-0.2, -0.15) is 0 Å². The maximum absolute atomic E-state index is 13.3. The number of fused-ring (bicyclic) bond motifs is 1. The summed E-state index contributed by atoms with van der Waals surface area (Å²) in [7, 11) is 0. The highest BCUT2D eigenvalue weighted by Gasteiger charge is 2.51. The third-order valence-corrected chi connectivity index (χ3v) is 11.4. The standard InChI is InChI=1S/C40H48O6/c1-26-4-6-27(7-5-26)8-9-28-10-11-35-33(17-28)18-34(45-35)23-38(2,3)37(43)44-25-40(24-41)22-32(36(42)46-40)12-13-39-19-29-14-30(20-39)16-31(15-29)21-39/h4-7,10-12,17-18,29-31,41H,8-9,13-16,19-25H2,1-3H3/b32-12+/t29?,30?,31?,39?,40-/m1/s1. The highest BCUT2D eigenvalue weighted by Crippen LogP contribution is 2.61. The number of benzene rings is 2. The molecule has 1 N–H and O–H groups in total.